The van der Waals surface area contributed by atoms with Crippen LogP contribution in [0.2, 0.25) is 5.02 Å². The number of nitrogens with one attached hydrogen (secondary N) is 2. The summed E-state index contributed by atoms with van der Waals surface area (Å²) >= 11 is 7.79. The van der Waals surface area contributed by atoms with Crippen molar-refractivity contribution in [2.45, 2.75) is 13.5 Å². The quantitative estimate of drug-likeness (QED) is 0.455. The molecule has 136 valence electrons. The van der Waals surface area contributed by atoms with Gasteiger partial charge in [-0.05, 0) is 42.3 Å². The topological polar surface area (TPSA) is 95.9 Å². The van der Waals surface area contributed by atoms with Crippen molar-refractivity contribution in [1.82, 2.24) is 19.9 Å². The van der Waals surface area contributed by atoms with Crippen LogP contribution in [0, 0.1) is 6.92 Å². The van der Waals surface area contributed by atoms with Crippen LogP contribution in [0.3, 0.4) is 0 Å². The van der Waals surface area contributed by atoms with Gasteiger partial charge in [-0.1, -0.05) is 23.7 Å². The van der Waals surface area contributed by atoms with Gasteiger partial charge in [-0.2, -0.15) is 15.0 Å². The van der Waals surface area contributed by atoms with Crippen molar-refractivity contribution in [3.05, 3.63) is 58.1 Å². The molecule has 7 nitrogen and oxygen atoms in total. The number of aryl methyl sites for hydroxylation is 1. The van der Waals surface area contributed by atoms with Crippen LogP contribution in [0.1, 0.15) is 11.1 Å². The summed E-state index contributed by atoms with van der Waals surface area (Å²) in [5.74, 6) is 0.493. The Balaban J connectivity index is 1.54. The third-order valence-corrected chi connectivity index (χ3v) is 5.13. The van der Waals surface area contributed by atoms with Crippen molar-refractivity contribution in [3.8, 4) is 6.01 Å². The van der Waals surface area contributed by atoms with E-state index in [9.17, 15) is 5.11 Å². The Hall–Kier alpha value is -2.97. The SMILES string of the molecule is Cc1cccc(Cl)c1CNc1nc(O)nc(Nc2ccc3ncsc3c2)n1. The maximum absolute atomic E-state index is 9.84. The number of benzene rings is 2. The second-order valence-corrected chi connectivity index (χ2v) is 7.12. The Kier molecular flexibility index (Phi) is 4.74. The highest BCUT2D eigenvalue weighted by Crippen LogP contribution is 2.24. The lowest BCUT2D eigenvalue weighted by Crippen LogP contribution is -2.08. The van der Waals surface area contributed by atoms with E-state index in [1.165, 1.54) is 0 Å². The number of fused-ring (bicyclic) bond motifs is 1. The molecule has 2 aromatic heterocycles. The summed E-state index contributed by atoms with van der Waals surface area (Å²) in [7, 11) is 0. The van der Waals surface area contributed by atoms with Crippen LogP contribution in [0.25, 0.3) is 10.2 Å². The van der Waals surface area contributed by atoms with Gasteiger partial charge in [0.15, 0.2) is 0 Å². The van der Waals surface area contributed by atoms with Gasteiger partial charge in [0.05, 0.1) is 15.7 Å². The van der Waals surface area contributed by atoms with Gasteiger partial charge in [-0.25, -0.2) is 4.98 Å². The largest absolute Gasteiger partial charge is 0.479 e. The van der Waals surface area contributed by atoms with E-state index < -0.39 is 0 Å². The number of halogens is 1. The summed E-state index contributed by atoms with van der Waals surface area (Å²) in [4.78, 5) is 16.4. The maximum atomic E-state index is 9.84. The van der Waals surface area contributed by atoms with Crippen LogP contribution in [-0.2, 0) is 6.54 Å². The Bertz CT molecular complexity index is 1100. The van der Waals surface area contributed by atoms with Crippen molar-refractivity contribution in [3.63, 3.8) is 0 Å². The molecule has 2 aromatic carbocycles. The molecule has 27 heavy (non-hydrogen) atoms. The zero-order valence-corrected chi connectivity index (χ0v) is 15.8. The molecule has 4 aromatic rings. The van der Waals surface area contributed by atoms with Gasteiger partial charge in [-0.3, -0.25) is 0 Å². The number of anilines is 3. The van der Waals surface area contributed by atoms with Gasteiger partial charge in [0, 0.05) is 17.3 Å². The zero-order valence-electron chi connectivity index (χ0n) is 14.3. The van der Waals surface area contributed by atoms with Gasteiger partial charge < -0.3 is 15.7 Å². The lowest BCUT2D eigenvalue weighted by atomic mass is 10.1. The first-order valence-corrected chi connectivity index (χ1v) is 9.37. The Morgan fingerprint density at radius 3 is 2.81 bits per heavy atom. The number of rotatable bonds is 5. The number of aromatic nitrogens is 4. The summed E-state index contributed by atoms with van der Waals surface area (Å²) < 4.78 is 1.05. The highest BCUT2D eigenvalue weighted by Gasteiger charge is 2.09. The van der Waals surface area contributed by atoms with Crippen molar-refractivity contribution in [1.29, 1.82) is 0 Å². The fourth-order valence-corrected chi connectivity index (χ4v) is 3.62. The van der Waals surface area contributed by atoms with E-state index in [1.807, 2.05) is 43.3 Å². The lowest BCUT2D eigenvalue weighted by Gasteiger charge is -2.11. The Labute approximate surface area is 164 Å². The molecule has 0 atom stereocenters. The first-order chi connectivity index (χ1) is 13.1. The molecule has 0 amide bonds. The molecule has 0 aliphatic heterocycles. The third-order valence-electron chi connectivity index (χ3n) is 3.99. The van der Waals surface area contributed by atoms with Gasteiger partial charge >= 0.3 is 6.01 Å². The molecular formula is C18H15ClN6OS. The molecule has 4 rings (SSSR count). The van der Waals surface area contributed by atoms with Gasteiger partial charge in [-0.15, -0.1) is 11.3 Å². The van der Waals surface area contributed by atoms with Gasteiger partial charge in [0.25, 0.3) is 0 Å². The van der Waals surface area contributed by atoms with Crippen molar-refractivity contribution in [2.75, 3.05) is 10.6 Å². The van der Waals surface area contributed by atoms with Crippen LogP contribution in [0.4, 0.5) is 17.6 Å². The molecule has 0 bridgehead atoms. The third kappa shape index (κ3) is 3.91. The molecule has 0 saturated heterocycles. The monoisotopic (exact) mass is 398 g/mol. The van der Waals surface area contributed by atoms with E-state index in [4.69, 9.17) is 11.6 Å². The molecular weight excluding hydrogens is 384 g/mol. The summed E-state index contributed by atoms with van der Waals surface area (Å²) in [5, 5.41) is 16.7. The predicted octanol–water partition coefficient (Wildman–Crippen LogP) is 4.50. The van der Waals surface area contributed by atoms with E-state index in [0.717, 1.165) is 27.0 Å². The first-order valence-electron chi connectivity index (χ1n) is 8.12. The van der Waals surface area contributed by atoms with Crippen LogP contribution in [0.5, 0.6) is 6.01 Å². The van der Waals surface area contributed by atoms with E-state index in [1.54, 1.807) is 16.8 Å². The summed E-state index contributed by atoms with van der Waals surface area (Å²) in [6.45, 7) is 2.41. The molecule has 9 heteroatoms. The highest BCUT2D eigenvalue weighted by molar-refractivity contribution is 7.16. The number of nitrogens with zero attached hydrogens (tertiary/aromatic N) is 4. The van der Waals surface area contributed by atoms with Crippen molar-refractivity contribution < 1.29 is 5.11 Å². The van der Waals surface area contributed by atoms with E-state index in [0.29, 0.717) is 11.6 Å². The fraction of sp³-hybridized carbons (Fsp3) is 0.111. The van der Waals surface area contributed by atoms with E-state index >= 15 is 0 Å². The van der Waals surface area contributed by atoms with Crippen molar-refractivity contribution in [2.24, 2.45) is 0 Å². The first kappa shape index (κ1) is 17.4. The predicted molar refractivity (Wildman–Crippen MR) is 108 cm³/mol. The minimum atomic E-state index is -0.371. The van der Waals surface area contributed by atoms with E-state index in [-0.39, 0.29) is 17.9 Å². The molecule has 0 unspecified atom stereocenters. The van der Waals surface area contributed by atoms with Crippen molar-refractivity contribution >= 4 is 50.7 Å². The smallest absolute Gasteiger partial charge is 0.320 e. The molecule has 3 N–H and O–H groups in total. The fourth-order valence-electron chi connectivity index (χ4n) is 2.62. The molecule has 0 aliphatic rings. The molecule has 0 fully saturated rings. The summed E-state index contributed by atoms with van der Waals surface area (Å²) in [6.07, 6.45) is 0. The lowest BCUT2D eigenvalue weighted by molar-refractivity contribution is 0.430. The Morgan fingerprint density at radius 2 is 1.96 bits per heavy atom. The average molecular weight is 399 g/mol. The Morgan fingerprint density at radius 1 is 1.11 bits per heavy atom. The van der Waals surface area contributed by atoms with Gasteiger partial charge in [0.2, 0.25) is 11.9 Å². The standard InChI is InChI=1S/C18H15ClN6OS/c1-10-3-2-4-13(19)12(10)8-20-16-23-17(25-18(26)24-16)22-11-5-6-14-15(7-11)27-9-21-14/h2-7,9H,8H2,1H3,(H3,20,22,23,24,25,26). The zero-order chi connectivity index (χ0) is 18.8. The van der Waals surface area contributed by atoms with Crippen LogP contribution in [0.15, 0.2) is 41.9 Å². The number of aromatic hydroxyl groups is 1. The van der Waals surface area contributed by atoms with E-state index in [2.05, 4.69) is 30.6 Å². The molecule has 0 spiro atoms. The minimum Gasteiger partial charge on any atom is -0.479 e. The number of hydrogen-bond acceptors (Lipinski definition) is 8. The number of hydrogen-bond donors (Lipinski definition) is 3. The van der Waals surface area contributed by atoms with Crippen LogP contribution in [-0.4, -0.2) is 25.0 Å². The number of thiazole rings is 1. The average Bonchev–Trinajstić information content (AvgIpc) is 3.08. The molecule has 0 radical (unpaired) electrons. The van der Waals surface area contributed by atoms with Gasteiger partial charge in [0.1, 0.15) is 0 Å². The van der Waals surface area contributed by atoms with Crippen LogP contribution < -0.4 is 10.6 Å². The maximum Gasteiger partial charge on any atom is 0.320 e. The molecule has 2 heterocycles. The normalized spacial score (nSPS) is 10.9. The second-order valence-electron chi connectivity index (χ2n) is 5.83. The molecule has 0 saturated carbocycles. The summed E-state index contributed by atoms with van der Waals surface area (Å²) in [5.41, 5.74) is 5.53. The highest BCUT2D eigenvalue weighted by atomic mass is 35.5. The summed E-state index contributed by atoms with van der Waals surface area (Å²) in [6, 6.07) is 11.1. The minimum absolute atomic E-state index is 0.241. The van der Waals surface area contributed by atoms with Crippen LogP contribution >= 0.6 is 22.9 Å². The second kappa shape index (κ2) is 7.34. The molecule has 0 aliphatic carbocycles.